The summed E-state index contributed by atoms with van der Waals surface area (Å²) in [7, 11) is 0. The molecule has 0 radical (unpaired) electrons. The summed E-state index contributed by atoms with van der Waals surface area (Å²) >= 11 is 4.42. The monoisotopic (exact) mass is 267 g/mol. The fourth-order valence-corrected chi connectivity index (χ4v) is 2.77. The Morgan fingerprint density at radius 1 is 1.00 bits per heavy atom. The van der Waals surface area contributed by atoms with E-state index in [1.807, 2.05) is 0 Å². The summed E-state index contributed by atoms with van der Waals surface area (Å²) in [5, 5.41) is 1.28. The molecule has 0 bridgehead atoms. The van der Waals surface area contributed by atoms with Gasteiger partial charge in [-0.15, -0.1) is 12.6 Å². The van der Waals surface area contributed by atoms with Crippen LogP contribution < -0.4 is 0 Å². The van der Waals surface area contributed by atoms with Gasteiger partial charge in [-0.1, -0.05) is 37.3 Å². The molecule has 96 valence electrons. The van der Waals surface area contributed by atoms with Gasteiger partial charge in [-0.3, -0.25) is 0 Å². The minimum absolute atomic E-state index is 0.930. The third-order valence-corrected chi connectivity index (χ3v) is 3.79. The van der Waals surface area contributed by atoms with E-state index in [4.69, 9.17) is 0 Å². The fraction of sp³-hybridized carbons (Fsp3) is 0.176. The van der Waals surface area contributed by atoms with Crippen molar-refractivity contribution in [1.82, 2.24) is 4.57 Å². The molecule has 0 aliphatic carbocycles. The van der Waals surface area contributed by atoms with Gasteiger partial charge >= 0.3 is 0 Å². The van der Waals surface area contributed by atoms with Gasteiger partial charge in [0.25, 0.3) is 0 Å². The van der Waals surface area contributed by atoms with Gasteiger partial charge in [0, 0.05) is 28.0 Å². The van der Waals surface area contributed by atoms with Crippen molar-refractivity contribution in [1.29, 1.82) is 0 Å². The van der Waals surface area contributed by atoms with E-state index in [-0.39, 0.29) is 0 Å². The lowest BCUT2D eigenvalue weighted by Crippen LogP contribution is -2.03. The molecule has 2 aromatic carbocycles. The van der Waals surface area contributed by atoms with E-state index >= 15 is 0 Å². The molecule has 1 aromatic heterocycles. The largest absolute Gasteiger partial charge is 0.340 e. The first-order valence-electron chi connectivity index (χ1n) is 6.63. The number of hydrogen-bond acceptors (Lipinski definition) is 1. The Kier molecular flexibility index (Phi) is 3.34. The van der Waals surface area contributed by atoms with Gasteiger partial charge in [0.05, 0.1) is 0 Å². The van der Waals surface area contributed by atoms with Crippen LogP contribution in [-0.4, -0.2) is 4.57 Å². The normalized spacial score (nSPS) is 11.1. The van der Waals surface area contributed by atoms with Crippen LogP contribution in [0.1, 0.15) is 18.2 Å². The summed E-state index contributed by atoms with van der Waals surface area (Å²) in [6, 6.07) is 19.3. The van der Waals surface area contributed by atoms with Gasteiger partial charge in [0.15, 0.2) is 0 Å². The van der Waals surface area contributed by atoms with Crippen LogP contribution in [0.3, 0.4) is 0 Å². The maximum Gasteiger partial charge on any atom is 0.0486 e. The second-order valence-electron chi connectivity index (χ2n) is 4.80. The first-order valence-corrected chi connectivity index (χ1v) is 7.07. The number of rotatable bonds is 3. The van der Waals surface area contributed by atoms with Gasteiger partial charge < -0.3 is 4.57 Å². The van der Waals surface area contributed by atoms with Crippen molar-refractivity contribution in [2.75, 3.05) is 0 Å². The fourth-order valence-electron chi connectivity index (χ4n) is 2.56. The summed E-state index contributed by atoms with van der Waals surface area (Å²) < 4.78 is 2.40. The van der Waals surface area contributed by atoms with Crippen molar-refractivity contribution >= 4 is 23.5 Å². The number of nitrogens with zero attached hydrogens (tertiary/aromatic N) is 1. The van der Waals surface area contributed by atoms with Crippen LogP contribution in [0.5, 0.6) is 0 Å². The van der Waals surface area contributed by atoms with Crippen molar-refractivity contribution < 1.29 is 0 Å². The van der Waals surface area contributed by atoms with Gasteiger partial charge in [0.2, 0.25) is 0 Å². The van der Waals surface area contributed by atoms with Crippen LogP contribution in [0.2, 0.25) is 0 Å². The van der Waals surface area contributed by atoms with E-state index in [1.54, 1.807) is 0 Å². The van der Waals surface area contributed by atoms with E-state index in [9.17, 15) is 0 Å². The van der Waals surface area contributed by atoms with Crippen LogP contribution in [0.4, 0.5) is 0 Å². The molecule has 0 spiro atoms. The van der Waals surface area contributed by atoms with Gasteiger partial charge in [-0.25, -0.2) is 0 Å². The maximum atomic E-state index is 4.42. The molecule has 0 saturated heterocycles. The zero-order valence-electron chi connectivity index (χ0n) is 11.0. The highest BCUT2D eigenvalue weighted by atomic mass is 32.1. The number of hydrogen-bond donors (Lipinski definition) is 1. The van der Waals surface area contributed by atoms with Crippen LogP contribution in [0.15, 0.2) is 59.5 Å². The van der Waals surface area contributed by atoms with Crippen LogP contribution >= 0.6 is 12.6 Å². The highest BCUT2D eigenvalue weighted by Crippen LogP contribution is 2.24. The molecule has 0 fully saturated rings. The molecule has 3 rings (SSSR count). The standard InChI is InChI=1S/C17H17NS/c1-2-15-10-14-11-16(19)8-9-17(14)18(15)12-13-6-4-3-5-7-13/h3-11,19H,2,12H2,1H3. The molecule has 0 N–H and O–H groups in total. The lowest BCUT2D eigenvalue weighted by Gasteiger charge is -2.10. The average molecular weight is 267 g/mol. The Bertz CT molecular complexity index is 698. The number of fused-ring (bicyclic) bond motifs is 1. The minimum atomic E-state index is 0.930. The Balaban J connectivity index is 2.11. The molecule has 0 aliphatic rings. The summed E-state index contributed by atoms with van der Waals surface area (Å²) in [5.41, 5.74) is 4.00. The molecule has 3 aromatic rings. The molecule has 1 heterocycles. The van der Waals surface area contributed by atoms with Gasteiger partial charge in [0.1, 0.15) is 0 Å². The molecule has 0 saturated carbocycles. The second kappa shape index (κ2) is 5.14. The molecule has 0 atom stereocenters. The van der Waals surface area contributed by atoms with Crippen molar-refractivity contribution in [3.05, 3.63) is 65.9 Å². The SMILES string of the molecule is CCc1cc2cc(S)ccc2n1Cc1ccccc1. The van der Waals surface area contributed by atoms with Crippen LogP contribution in [-0.2, 0) is 13.0 Å². The Hall–Kier alpha value is -1.67. The maximum absolute atomic E-state index is 4.42. The number of aromatic nitrogens is 1. The van der Waals surface area contributed by atoms with Crippen LogP contribution in [0.25, 0.3) is 10.9 Å². The average Bonchev–Trinajstić information content (AvgIpc) is 2.77. The zero-order valence-corrected chi connectivity index (χ0v) is 11.9. The summed E-state index contributed by atoms with van der Waals surface area (Å²) in [4.78, 5) is 1.02. The highest BCUT2D eigenvalue weighted by Gasteiger charge is 2.08. The van der Waals surface area contributed by atoms with E-state index in [0.29, 0.717) is 0 Å². The van der Waals surface area contributed by atoms with E-state index in [0.717, 1.165) is 17.9 Å². The molecule has 0 unspecified atom stereocenters. The summed E-state index contributed by atoms with van der Waals surface area (Å²) in [6.07, 6.45) is 1.05. The first-order chi connectivity index (χ1) is 9.28. The van der Waals surface area contributed by atoms with Gasteiger partial charge in [-0.2, -0.15) is 0 Å². The van der Waals surface area contributed by atoms with E-state index in [1.165, 1.54) is 22.2 Å². The molecule has 0 aliphatic heterocycles. The Morgan fingerprint density at radius 3 is 2.53 bits per heavy atom. The number of aryl methyl sites for hydroxylation is 1. The Labute approximate surface area is 119 Å². The predicted molar refractivity (Wildman–Crippen MR) is 84.1 cm³/mol. The minimum Gasteiger partial charge on any atom is -0.340 e. The summed E-state index contributed by atoms with van der Waals surface area (Å²) in [6.45, 7) is 3.14. The van der Waals surface area contributed by atoms with Crippen molar-refractivity contribution in [2.24, 2.45) is 0 Å². The molecule has 19 heavy (non-hydrogen) atoms. The topological polar surface area (TPSA) is 4.93 Å². The Morgan fingerprint density at radius 2 is 1.79 bits per heavy atom. The lowest BCUT2D eigenvalue weighted by atomic mass is 10.2. The third-order valence-electron chi connectivity index (χ3n) is 3.52. The van der Waals surface area contributed by atoms with Crippen molar-refractivity contribution in [3.63, 3.8) is 0 Å². The molecule has 2 heteroatoms. The van der Waals surface area contributed by atoms with Crippen LogP contribution in [0, 0.1) is 0 Å². The molecular formula is C17H17NS. The first kappa shape index (κ1) is 12.4. The molecular weight excluding hydrogens is 250 g/mol. The number of thiol groups is 1. The predicted octanol–water partition coefficient (Wildman–Crippen LogP) is 4.54. The molecule has 0 amide bonds. The quantitative estimate of drug-likeness (QED) is 0.665. The van der Waals surface area contributed by atoms with Crippen molar-refractivity contribution in [3.8, 4) is 0 Å². The van der Waals surface area contributed by atoms with E-state index < -0.39 is 0 Å². The second-order valence-corrected chi connectivity index (χ2v) is 5.32. The lowest BCUT2D eigenvalue weighted by molar-refractivity contribution is 0.776. The van der Waals surface area contributed by atoms with Gasteiger partial charge in [-0.05, 0) is 36.2 Å². The smallest absolute Gasteiger partial charge is 0.0486 e. The number of benzene rings is 2. The third kappa shape index (κ3) is 2.41. The van der Waals surface area contributed by atoms with E-state index in [2.05, 4.69) is 78.7 Å². The summed E-state index contributed by atoms with van der Waals surface area (Å²) in [5.74, 6) is 0. The van der Waals surface area contributed by atoms with Crippen molar-refractivity contribution in [2.45, 2.75) is 24.8 Å². The molecule has 1 nitrogen and oxygen atoms in total. The highest BCUT2D eigenvalue weighted by molar-refractivity contribution is 7.80. The zero-order chi connectivity index (χ0) is 13.2.